The van der Waals surface area contributed by atoms with E-state index in [-0.39, 0.29) is 18.2 Å². The summed E-state index contributed by atoms with van der Waals surface area (Å²) >= 11 is 0. The van der Waals surface area contributed by atoms with Gasteiger partial charge in [0.15, 0.2) is 0 Å². The molecule has 0 radical (unpaired) electrons. The highest BCUT2D eigenvalue weighted by Gasteiger charge is 2.33. The van der Waals surface area contributed by atoms with Crippen molar-refractivity contribution in [2.24, 2.45) is 5.92 Å². The Morgan fingerprint density at radius 2 is 1.96 bits per heavy atom. The lowest BCUT2D eigenvalue weighted by atomic mass is 9.81. The van der Waals surface area contributed by atoms with E-state index < -0.39 is 5.60 Å². The Labute approximate surface area is 140 Å². The molecule has 5 heteroatoms. The molecule has 1 heterocycles. The topological polar surface area (TPSA) is 61.8 Å². The fourth-order valence-electron chi connectivity index (χ4n) is 3.70. The molecule has 0 aromatic rings. The molecule has 1 aliphatic carbocycles. The first-order valence-corrected chi connectivity index (χ1v) is 9.17. The van der Waals surface area contributed by atoms with Crippen molar-refractivity contribution in [3.8, 4) is 0 Å². The maximum atomic E-state index is 12.2. The number of aliphatic hydroxyl groups excluding tert-OH is 1. The Balaban J connectivity index is 1.82. The predicted octanol–water partition coefficient (Wildman–Crippen LogP) is 2.92. The molecule has 0 aromatic heterocycles. The molecule has 1 saturated heterocycles. The van der Waals surface area contributed by atoms with E-state index in [0.29, 0.717) is 5.92 Å². The van der Waals surface area contributed by atoms with Gasteiger partial charge in [0.1, 0.15) is 5.60 Å². The molecule has 1 atom stereocenters. The number of ether oxygens (including phenoxy) is 1. The van der Waals surface area contributed by atoms with E-state index in [2.05, 4.69) is 5.32 Å². The van der Waals surface area contributed by atoms with Crippen LogP contribution in [0.4, 0.5) is 4.79 Å². The van der Waals surface area contributed by atoms with Crippen molar-refractivity contribution in [3.63, 3.8) is 0 Å². The summed E-state index contributed by atoms with van der Waals surface area (Å²) in [6.45, 7) is 8.35. The van der Waals surface area contributed by atoms with Gasteiger partial charge in [-0.15, -0.1) is 0 Å². The van der Waals surface area contributed by atoms with E-state index in [1.54, 1.807) is 0 Å². The summed E-state index contributed by atoms with van der Waals surface area (Å²) in [7, 11) is 0. The SMILES string of the molecule is CC(C)(C)OC(=O)N1CCCC(CNC2(CO)CCCCC2)C1. The summed E-state index contributed by atoms with van der Waals surface area (Å²) in [5.41, 5.74) is -0.530. The van der Waals surface area contributed by atoms with E-state index in [0.717, 1.165) is 45.3 Å². The molecule has 0 bridgehead atoms. The van der Waals surface area contributed by atoms with E-state index in [1.807, 2.05) is 25.7 Å². The summed E-state index contributed by atoms with van der Waals surface area (Å²) in [6, 6.07) is 0. The Kier molecular flexibility index (Phi) is 6.32. The Morgan fingerprint density at radius 1 is 1.26 bits per heavy atom. The lowest BCUT2D eigenvalue weighted by molar-refractivity contribution is 0.0156. The van der Waals surface area contributed by atoms with Crippen molar-refractivity contribution < 1.29 is 14.6 Å². The Bertz CT molecular complexity index is 386. The maximum absolute atomic E-state index is 12.2. The number of carbonyl (C=O) groups is 1. The highest BCUT2D eigenvalue weighted by Crippen LogP contribution is 2.28. The molecule has 1 unspecified atom stereocenters. The quantitative estimate of drug-likeness (QED) is 0.834. The first kappa shape index (κ1) is 18.5. The zero-order valence-electron chi connectivity index (χ0n) is 15.1. The van der Waals surface area contributed by atoms with Gasteiger partial charge < -0.3 is 20.1 Å². The van der Waals surface area contributed by atoms with Gasteiger partial charge in [0, 0.05) is 25.2 Å². The zero-order valence-corrected chi connectivity index (χ0v) is 15.1. The van der Waals surface area contributed by atoms with Crippen LogP contribution in [0.2, 0.25) is 0 Å². The lowest BCUT2D eigenvalue weighted by Gasteiger charge is -2.40. The molecule has 5 nitrogen and oxygen atoms in total. The van der Waals surface area contributed by atoms with Crippen molar-refractivity contribution in [2.45, 2.75) is 76.9 Å². The smallest absolute Gasteiger partial charge is 0.410 e. The molecular formula is C18H34N2O3. The van der Waals surface area contributed by atoms with Gasteiger partial charge in [0.05, 0.1) is 6.61 Å². The highest BCUT2D eigenvalue weighted by atomic mass is 16.6. The van der Waals surface area contributed by atoms with Crippen LogP contribution in [-0.2, 0) is 4.74 Å². The normalized spacial score (nSPS) is 25.2. The number of piperidine rings is 1. The van der Waals surface area contributed by atoms with Crippen molar-refractivity contribution >= 4 is 6.09 Å². The summed E-state index contributed by atoms with van der Waals surface area (Å²) in [5, 5.41) is 13.4. The standard InChI is InChI=1S/C18H34N2O3/c1-17(2,3)23-16(22)20-11-7-8-15(13-20)12-19-18(14-21)9-5-4-6-10-18/h15,19,21H,4-14H2,1-3H3. The van der Waals surface area contributed by atoms with E-state index in [9.17, 15) is 9.90 Å². The van der Waals surface area contributed by atoms with Gasteiger partial charge in [0.2, 0.25) is 0 Å². The molecule has 2 N–H and O–H groups in total. The molecule has 0 aromatic carbocycles. The van der Waals surface area contributed by atoms with Gasteiger partial charge in [-0.25, -0.2) is 4.79 Å². The van der Waals surface area contributed by atoms with Gasteiger partial charge >= 0.3 is 6.09 Å². The molecule has 2 aliphatic rings. The molecule has 1 amide bonds. The van der Waals surface area contributed by atoms with Crippen molar-refractivity contribution in [1.82, 2.24) is 10.2 Å². The number of nitrogens with one attached hydrogen (secondary N) is 1. The number of carbonyl (C=O) groups excluding carboxylic acids is 1. The van der Waals surface area contributed by atoms with Crippen LogP contribution in [0.1, 0.15) is 65.7 Å². The highest BCUT2D eigenvalue weighted by molar-refractivity contribution is 5.68. The third-order valence-corrected chi connectivity index (χ3v) is 5.05. The summed E-state index contributed by atoms with van der Waals surface area (Å²) in [6.07, 6.45) is 7.75. The summed E-state index contributed by atoms with van der Waals surface area (Å²) in [4.78, 5) is 14.1. The fraction of sp³-hybridized carbons (Fsp3) is 0.944. The second-order valence-electron chi connectivity index (χ2n) is 8.31. The molecule has 134 valence electrons. The Hall–Kier alpha value is -0.810. The number of hydrogen-bond donors (Lipinski definition) is 2. The van der Waals surface area contributed by atoms with E-state index in [4.69, 9.17) is 4.74 Å². The molecular weight excluding hydrogens is 292 g/mol. The molecule has 1 saturated carbocycles. The second kappa shape index (κ2) is 7.84. The molecule has 2 fully saturated rings. The van der Waals surface area contributed by atoms with Crippen LogP contribution in [0.3, 0.4) is 0 Å². The van der Waals surface area contributed by atoms with Gasteiger partial charge in [0.25, 0.3) is 0 Å². The molecule has 2 rings (SSSR count). The minimum atomic E-state index is -0.439. The third-order valence-electron chi connectivity index (χ3n) is 5.05. The lowest BCUT2D eigenvalue weighted by Crippen LogP contribution is -2.53. The van der Waals surface area contributed by atoms with Gasteiger partial charge in [-0.2, -0.15) is 0 Å². The summed E-state index contributed by atoms with van der Waals surface area (Å²) < 4.78 is 5.49. The number of likely N-dealkylation sites (tertiary alicyclic amines) is 1. The van der Waals surface area contributed by atoms with Gasteiger partial charge in [-0.05, 0) is 52.4 Å². The zero-order chi connectivity index (χ0) is 16.9. The van der Waals surface area contributed by atoms with Crippen molar-refractivity contribution in [3.05, 3.63) is 0 Å². The second-order valence-corrected chi connectivity index (χ2v) is 8.31. The molecule has 23 heavy (non-hydrogen) atoms. The van der Waals surface area contributed by atoms with Crippen LogP contribution in [0.5, 0.6) is 0 Å². The van der Waals surface area contributed by atoms with Crippen LogP contribution >= 0.6 is 0 Å². The average Bonchev–Trinajstić information content (AvgIpc) is 2.52. The van der Waals surface area contributed by atoms with Crippen LogP contribution in [0.25, 0.3) is 0 Å². The molecule has 1 aliphatic heterocycles. The maximum Gasteiger partial charge on any atom is 0.410 e. The monoisotopic (exact) mass is 326 g/mol. The van der Waals surface area contributed by atoms with Crippen LogP contribution in [-0.4, -0.2) is 53.5 Å². The number of aliphatic hydroxyl groups is 1. The van der Waals surface area contributed by atoms with Crippen LogP contribution < -0.4 is 5.32 Å². The molecule has 0 spiro atoms. The predicted molar refractivity (Wildman–Crippen MR) is 91.4 cm³/mol. The minimum absolute atomic E-state index is 0.0908. The minimum Gasteiger partial charge on any atom is -0.444 e. The largest absolute Gasteiger partial charge is 0.444 e. The van der Waals surface area contributed by atoms with Crippen LogP contribution in [0, 0.1) is 5.92 Å². The Morgan fingerprint density at radius 3 is 2.57 bits per heavy atom. The fourth-order valence-corrected chi connectivity index (χ4v) is 3.70. The summed E-state index contributed by atoms with van der Waals surface area (Å²) in [5.74, 6) is 0.446. The number of amides is 1. The number of hydrogen-bond acceptors (Lipinski definition) is 4. The number of rotatable bonds is 4. The van der Waals surface area contributed by atoms with Crippen LogP contribution in [0.15, 0.2) is 0 Å². The van der Waals surface area contributed by atoms with Crippen molar-refractivity contribution in [2.75, 3.05) is 26.2 Å². The average molecular weight is 326 g/mol. The first-order chi connectivity index (χ1) is 10.8. The van der Waals surface area contributed by atoms with E-state index >= 15 is 0 Å². The third kappa shape index (κ3) is 5.64. The number of nitrogens with zero attached hydrogens (tertiary/aromatic N) is 1. The van der Waals surface area contributed by atoms with Crippen molar-refractivity contribution in [1.29, 1.82) is 0 Å². The van der Waals surface area contributed by atoms with Gasteiger partial charge in [-0.3, -0.25) is 0 Å². The first-order valence-electron chi connectivity index (χ1n) is 9.17. The van der Waals surface area contributed by atoms with Gasteiger partial charge in [-0.1, -0.05) is 19.3 Å². The van der Waals surface area contributed by atoms with E-state index in [1.165, 1.54) is 19.3 Å².